The monoisotopic (exact) mass is 396 g/mol. The van der Waals surface area contributed by atoms with Crippen LogP contribution in [0.15, 0.2) is 22.7 Å². The summed E-state index contributed by atoms with van der Waals surface area (Å²) < 4.78 is 10.1. The molecule has 1 saturated carbocycles. The Morgan fingerprint density at radius 2 is 1.85 bits per heavy atom. The van der Waals surface area contributed by atoms with Gasteiger partial charge in [0.15, 0.2) is 5.56 Å². The third-order valence-corrected chi connectivity index (χ3v) is 5.12. The second-order valence-electron chi connectivity index (χ2n) is 6.15. The SMILES string of the molecule is COC(=O)c1c(-c2c(Cl)cccc2Cl)noc1NC(=O)C1CCCCC1. The standard InChI is InChI=1S/C18H18Cl2N2O4/c1-25-18(24)14-15(13-11(19)8-5-9-12(13)20)22-26-17(14)21-16(23)10-6-3-2-4-7-10/h5,8-10H,2-4,6-7H2,1H3,(H,21,23). The third-order valence-electron chi connectivity index (χ3n) is 4.49. The van der Waals surface area contributed by atoms with E-state index in [2.05, 4.69) is 10.5 Å². The summed E-state index contributed by atoms with van der Waals surface area (Å²) in [5.74, 6) is -1.05. The summed E-state index contributed by atoms with van der Waals surface area (Å²) in [5.41, 5.74) is 0.469. The van der Waals surface area contributed by atoms with Gasteiger partial charge >= 0.3 is 5.97 Å². The first-order valence-corrected chi connectivity index (χ1v) is 9.11. The molecule has 0 spiro atoms. The second kappa shape index (κ2) is 8.10. The Morgan fingerprint density at radius 1 is 1.19 bits per heavy atom. The van der Waals surface area contributed by atoms with E-state index in [-0.39, 0.29) is 29.0 Å². The quantitative estimate of drug-likeness (QED) is 0.738. The number of hydrogen-bond acceptors (Lipinski definition) is 5. The Labute approximate surface area is 160 Å². The molecule has 1 aromatic carbocycles. The third kappa shape index (κ3) is 3.71. The van der Waals surface area contributed by atoms with E-state index in [1.807, 2.05) is 0 Å². The maximum Gasteiger partial charge on any atom is 0.345 e. The molecular weight excluding hydrogens is 379 g/mol. The number of anilines is 1. The van der Waals surface area contributed by atoms with Gasteiger partial charge in [0.05, 0.1) is 17.2 Å². The largest absolute Gasteiger partial charge is 0.465 e. The van der Waals surface area contributed by atoms with Crippen LogP contribution in [0.1, 0.15) is 42.5 Å². The predicted octanol–water partition coefficient (Wildman–Crippen LogP) is 4.95. The molecule has 8 heteroatoms. The molecule has 1 heterocycles. The number of halogens is 2. The first-order chi connectivity index (χ1) is 12.5. The van der Waals surface area contributed by atoms with Crippen LogP contribution in [-0.2, 0) is 9.53 Å². The molecule has 138 valence electrons. The van der Waals surface area contributed by atoms with Crippen molar-refractivity contribution in [1.82, 2.24) is 5.16 Å². The van der Waals surface area contributed by atoms with Gasteiger partial charge in [-0.15, -0.1) is 0 Å². The lowest BCUT2D eigenvalue weighted by molar-refractivity contribution is -0.120. The van der Waals surface area contributed by atoms with Crippen molar-refractivity contribution in [3.05, 3.63) is 33.8 Å². The number of nitrogens with zero attached hydrogens (tertiary/aromatic N) is 1. The molecule has 0 radical (unpaired) electrons. The van der Waals surface area contributed by atoms with E-state index in [0.717, 1.165) is 32.1 Å². The second-order valence-corrected chi connectivity index (χ2v) is 6.96. The van der Waals surface area contributed by atoms with Crippen molar-refractivity contribution < 1.29 is 18.8 Å². The van der Waals surface area contributed by atoms with Crippen LogP contribution in [0.25, 0.3) is 11.3 Å². The van der Waals surface area contributed by atoms with Crippen LogP contribution in [-0.4, -0.2) is 24.1 Å². The molecule has 1 aliphatic carbocycles. The molecule has 1 N–H and O–H groups in total. The molecule has 3 rings (SSSR count). The van der Waals surface area contributed by atoms with Crippen molar-refractivity contribution in [3.8, 4) is 11.3 Å². The highest BCUT2D eigenvalue weighted by Crippen LogP contribution is 2.38. The average Bonchev–Trinajstić information content (AvgIpc) is 3.04. The van der Waals surface area contributed by atoms with Crippen LogP contribution in [0.2, 0.25) is 10.0 Å². The van der Waals surface area contributed by atoms with E-state index in [0.29, 0.717) is 15.6 Å². The summed E-state index contributed by atoms with van der Waals surface area (Å²) in [5, 5.41) is 7.20. The molecular formula is C18H18Cl2N2O4. The fourth-order valence-corrected chi connectivity index (χ4v) is 3.72. The van der Waals surface area contributed by atoms with Gasteiger partial charge in [0, 0.05) is 11.5 Å². The Bertz CT molecular complexity index is 808. The van der Waals surface area contributed by atoms with Gasteiger partial charge in [-0.1, -0.05) is 53.7 Å². The zero-order chi connectivity index (χ0) is 18.7. The Balaban J connectivity index is 1.98. The number of carbonyl (C=O) groups excluding carboxylic acids is 2. The fourth-order valence-electron chi connectivity index (χ4n) is 3.14. The van der Waals surface area contributed by atoms with Crippen LogP contribution in [0, 0.1) is 5.92 Å². The van der Waals surface area contributed by atoms with Crippen LogP contribution < -0.4 is 5.32 Å². The Morgan fingerprint density at radius 3 is 2.46 bits per heavy atom. The highest BCUT2D eigenvalue weighted by Gasteiger charge is 2.30. The molecule has 6 nitrogen and oxygen atoms in total. The van der Waals surface area contributed by atoms with Crippen molar-refractivity contribution in [2.24, 2.45) is 5.92 Å². The normalized spacial score (nSPS) is 14.9. The van der Waals surface area contributed by atoms with E-state index in [9.17, 15) is 9.59 Å². The van der Waals surface area contributed by atoms with Gasteiger partial charge in [-0.2, -0.15) is 0 Å². The van der Waals surface area contributed by atoms with Crippen molar-refractivity contribution >= 4 is 41.0 Å². The number of ether oxygens (including phenoxy) is 1. The van der Waals surface area contributed by atoms with Gasteiger partial charge in [0.1, 0.15) is 5.69 Å². The van der Waals surface area contributed by atoms with Gasteiger partial charge < -0.3 is 9.26 Å². The smallest absolute Gasteiger partial charge is 0.345 e. The molecule has 0 bridgehead atoms. The molecule has 2 aromatic rings. The van der Waals surface area contributed by atoms with Gasteiger partial charge in [-0.25, -0.2) is 4.79 Å². The maximum absolute atomic E-state index is 12.5. The van der Waals surface area contributed by atoms with Gasteiger partial charge in [0.2, 0.25) is 11.8 Å². The highest BCUT2D eigenvalue weighted by molar-refractivity contribution is 6.39. The minimum absolute atomic E-state index is 0.00772. The number of rotatable bonds is 4. The summed E-state index contributed by atoms with van der Waals surface area (Å²) in [4.78, 5) is 24.8. The molecule has 0 atom stereocenters. The Kier molecular flexibility index (Phi) is 5.84. The molecule has 1 aliphatic rings. The van der Waals surface area contributed by atoms with Crippen molar-refractivity contribution in [1.29, 1.82) is 0 Å². The summed E-state index contributed by atoms with van der Waals surface area (Å²) in [7, 11) is 1.24. The van der Waals surface area contributed by atoms with Crippen LogP contribution >= 0.6 is 23.2 Å². The van der Waals surface area contributed by atoms with Crippen molar-refractivity contribution in [2.75, 3.05) is 12.4 Å². The summed E-state index contributed by atoms with van der Waals surface area (Å²) in [6.07, 6.45) is 4.79. The van der Waals surface area contributed by atoms with Crippen LogP contribution in [0.3, 0.4) is 0 Å². The summed E-state index contributed by atoms with van der Waals surface area (Å²) in [6, 6.07) is 4.93. The highest BCUT2D eigenvalue weighted by atomic mass is 35.5. The van der Waals surface area contributed by atoms with Gasteiger partial charge in [-0.3, -0.25) is 10.1 Å². The van der Waals surface area contributed by atoms with E-state index in [4.69, 9.17) is 32.5 Å². The Hall–Kier alpha value is -2.05. The minimum Gasteiger partial charge on any atom is -0.465 e. The van der Waals surface area contributed by atoms with Crippen LogP contribution in [0.4, 0.5) is 5.88 Å². The van der Waals surface area contributed by atoms with Crippen molar-refractivity contribution in [3.63, 3.8) is 0 Å². The number of nitrogens with one attached hydrogen (secondary N) is 1. The summed E-state index contributed by atoms with van der Waals surface area (Å²) >= 11 is 12.4. The van der Waals surface area contributed by atoms with Crippen molar-refractivity contribution in [2.45, 2.75) is 32.1 Å². The zero-order valence-corrected chi connectivity index (χ0v) is 15.7. The zero-order valence-electron chi connectivity index (χ0n) is 14.2. The van der Waals surface area contributed by atoms with E-state index < -0.39 is 5.97 Å². The number of hydrogen-bond donors (Lipinski definition) is 1. The molecule has 1 fully saturated rings. The lowest BCUT2D eigenvalue weighted by atomic mass is 9.88. The molecule has 26 heavy (non-hydrogen) atoms. The summed E-state index contributed by atoms with van der Waals surface area (Å²) in [6.45, 7) is 0. The first kappa shape index (κ1) is 18.7. The first-order valence-electron chi connectivity index (χ1n) is 8.36. The van der Waals surface area contributed by atoms with Gasteiger partial charge in [-0.05, 0) is 25.0 Å². The number of carbonyl (C=O) groups is 2. The van der Waals surface area contributed by atoms with Crippen LogP contribution in [0.5, 0.6) is 0 Å². The molecule has 1 aromatic heterocycles. The molecule has 0 aliphatic heterocycles. The number of amides is 1. The fraction of sp³-hybridized carbons (Fsp3) is 0.389. The molecule has 0 saturated heterocycles. The number of esters is 1. The lowest BCUT2D eigenvalue weighted by Gasteiger charge is -2.20. The minimum atomic E-state index is -0.698. The van der Waals surface area contributed by atoms with E-state index in [1.54, 1.807) is 18.2 Å². The topological polar surface area (TPSA) is 81.4 Å². The average molecular weight is 397 g/mol. The van der Waals surface area contributed by atoms with E-state index in [1.165, 1.54) is 7.11 Å². The number of methoxy groups -OCH3 is 1. The predicted molar refractivity (Wildman–Crippen MR) is 98.5 cm³/mol. The molecule has 0 unspecified atom stereocenters. The van der Waals surface area contributed by atoms with E-state index >= 15 is 0 Å². The maximum atomic E-state index is 12.5. The lowest BCUT2D eigenvalue weighted by Crippen LogP contribution is -2.25. The molecule has 1 amide bonds. The van der Waals surface area contributed by atoms with Gasteiger partial charge in [0.25, 0.3) is 0 Å². The number of benzene rings is 1. The number of aromatic nitrogens is 1.